The molecule has 0 amide bonds. The predicted octanol–water partition coefficient (Wildman–Crippen LogP) is 1.56. The van der Waals surface area contributed by atoms with E-state index in [2.05, 4.69) is 5.32 Å². The molecule has 0 bridgehead atoms. The van der Waals surface area contributed by atoms with E-state index in [1.807, 2.05) is 14.0 Å². The average molecular weight is 182 g/mol. The van der Waals surface area contributed by atoms with Crippen molar-refractivity contribution < 1.29 is 4.39 Å². The van der Waals surface area contributed by atoms with Gasteiger partial charge in [-0.1, -0.05) is 12.1 Å². The summed E-state index contributed by atoms with van der Waals surface area (Å²) >= 11 is 0. The van der Waals surface area contributed by atoms with Crippen LogP contribution < -0.4 is 11.1 Å². The molecule has 1 unspecified atom stereocenters. The van der Waals surface area contributed by atoms with E-state index in [0.29, 0.717) is 5.56 Å². The molecule has 3 N–H and O–H groups in total. The lowest BCUT2D eigenvalue weighted by molar-refractivity contribution is 0.602. The Hall–Kier alpha value is -0.930. The molecule has 0 aliphatic carbocycles. The van der Waals surface area contributed by atoms with Crippen LogP contribution in [0, 0.1) is 5.82 Å². The summed E-state index contributed by atoms with van der Waals surface area (Å²) in [4.78, 5) is 0. The summed E-state index contributed by atoms with van der Waals surface area (Å²) in [6.07, 6.45) is 0. The molecule has 0 saturated carbocycles. The van der Waals surface area contributed by atoms with E-state index in [4.69, 9.17) is 5.73 Å². The molecule has 1 aromatic carbocycles. The number of rotatable bonds is 3. The van der Waals surface area contributed by atoms with Gasteiger partial charge < -0.3 is 11.1 Å². The van der Waals surface area contributed by atoms with E-state index < -0.39 is 0 Å². The van der Waals surface area contributed by atoms with Crippen LogP contribution in [0.2, 0.25) is 0 Å². The molecule has 72 valence electrons. The van der Waals surface area contributed by atoms with Gasteiger partial charge in [-0.15, -0.1) is 0 Å². The lowest BCUT2D eigenvalue weighted by atomic mass is 10.0. The van der Waals surface area contributed by atoms with Crippen molar-refractivity contribution in [1.82, 2.24) is 5.32 Å². The Morgan fingerprint density at radius 1 is 1.54 bits per heavy atom. The fourth-order valence-corrected chi connectivity index (χ4v) is 1.19. The van der Waals surface area contributed by atoms with Gasteiger partial charge in [0, 0.05) is 18.2 Å². The van der Waals surface area contributed by atoms with Gasteiger partial charge in [0.1, 0.15) is 5.82 Å². The lowest BCUT2D eigenvalue weighted by Crippen LogP contribution is -2.13. The van der Waals surface area contributed by atoms with E-state index in [1.165, 1.54) is 6.07 Å². The summed E-state index contributed by atoms with van der Waals surface area (Å²) in [5.74, 6) is -0.227. The van der Waals surface area contributed by atoms with Crippen molar-refractivity contribution in [2.75, 3.05) is 7.05 Å². The van der Waals surface area contributed by atoms with Crippen LogP contribution in [0.5, 0.6) is 0 Å². The molecule has 0 aliphatic rings. The zero-order valence-corrected chi connectivity index (χ0v) is 7.97. The number of nitrogens with one attached hydrogen (secondary N) is 1. The highest BCUT2D eigenvalue weighted by atomic mass is 19.1. The van der Waals surface area contributed by atoms with Crippen LogP contribution in [0.15, 0.2) is 18.2 Å². The zero-order chi connectivity index (χ0) is 9.84. The monoisotopic (exact) mass is 182 g/mol. The van der Waals surface area contributed by atoms with Crippen molar-refractivity contribution in [3.05, 3.63) is 35.1 Å². The third-order valence-electron chi connectivity index (χ3n) is 2.22. The van der Waals surface area contributed by atoms with Crippen LogP contribution in [-0.4, -0.2) is 7.05 Å². The molecule has 0 fully saturated rings. The maximum absolute atomic E-state index is 13.0. The fraction of sp³-hybridized carbons (Fsp3) is 0.400. The standard InChI is InChI=1S/C10H15FN2/c1-7(13-2)8-3-4-10(11)9(5-8)6-12/h3-5,7,13H,6,12H2,1-2H3. The van der Waals surface area contributed by atoms with E-state index >= 15 is 0 Å². The molecular formula is C10H15FN2. The van der Waals surface area contributed by atoms with Gasteiger partial charge in [0.2, 0.25) is 0 Å². The molecular weight excluding hydrogens is 167 g/mol. The van der Waals surface area contributed by atoms with Crippen molar-refractivity contribution >= 4 is 0 Å². The van der Waals surface area contributed by atoms with Gasteiger partial charge in [-0.05, 0) is 25.6 Å². The minimum Gasteiger partial charge on any atom is -0.326 e. The maximum atomic E-state index is 13.0. The summed E-state index contributed by atoms with van der Waals surface area (Å²) in [5, 5.41) is 3.09. The Kier molecular flexibility index (Phi) is 3.39. The highest BCUT2D eigenvalue weighted by Crippen LogP contribution is 2.15. The van der Waals surface area contributed by atoms with Gasteiger partial charge in [-0.2, -0.15) is 0 Å². The van der Waals surface area contributed by atoms with Gasteiger partial charge in [0.15, 0.2) is 0 Å². The number of hydrogen-bond acceptors (Lipinski definition) is 2. The zero-order valence-electron chi connectivity index (χ0n) is 7.97. The summed E-state index contributed by atoms with van der Waals surface area (Å²) in [6.45, 7) is 2.27. The van der Waals surface area contributed by atoms with Crippen LogP contribution >= 0.6 is 0 Å². The molecule has 0 heterocycles. The third-order valence-corrected chi connectivity index (χ3v) is 2.22. The van der Waals surface area contributed by atoms with Crippen molar-refractivity contribution in [1.29, 1.82) is 0 Å². The molecule has 2 nitrogen and oxygen atoms in total. The second-order valence-corrected chi connectivity index (χ2v) is 3.07. The van der Waals surface area contributed by atoms with Crippen LogP contribution in [-0.2, 0) is 6.54 Å². The minimum absolute atomic E-state index is 0.227. The first-order valence-corrected chi connectivity index (χ1v) is 4.34. The summed E-state index contributed by atoms with van der Waals surface area (Å²) in [7, 11) is 1.87. The smallest absolute Gasteiger partial charge is 0.127 e. The SMILES string of the molecule is CNC(C)c1ccc(F)c(CN)c1. The normalized spacial score (nSPS) is 12.9. The van der Waals surface area contributed by atoms with Crippen molar-refractivity contribution in [2.45, 2.75) is 19.5 Å². The van der Waals surface area contributed by atoms with Crippen molar-refractivity contribution in [3.8, 4) is 0 Å². The van der Waals surface area contributed by atoms with E-state index in [9.17, 15) is 4.39 Å². The molecule has 1 aromatic rings. The molecule has 0 radical (unpaired) electrons. The predicted molar refractivity (Wildman–Crippen MR) is 51.8 cm³/mol. The van der Waals surface area contributed by atoms with Gasteiger partial charge >= 0.3 is 0 Å². The molecule has 0 aromatic heterocycles. The Labute approximate surface area is 77.9 Å². The number of hydrogen-bond donors (Lipinski definition) is 2. The number of benzene rings is 1. The quantitative estimate of drug-likeness (QED) is 0.744. The van der Waals surface area contributed by atoms with E-state index in [0.717, 1.165) is 5.56 Å². The van der Waals surface area contributed by atoms with Crippen LogP contribution in [0.3, 0.4) is 0 Å². The van der Waals surface area contributed by atoms with Gasteiger partial charge in [-0.3, -0.25) is 0 Å². The summed E-state index contributed by atoms with van der Waals surface area (Å²) < 4.78 is 13.0. The van der Waals surface area contributed by atoms with E-state index in [-0.39, 0.29) is 18.4 Å². The Morgan fingerprint density at radius 2 is 2.23 bits per heavy atom. The molecule has 0 spiro atoms. The summed E-state index contributed by atoms with van der Waals surface area (Å²) in [6, 6.07) is 5.27. The Balaban J connectivity index is 2.99. The first kappa shape index (κ1) is 10.2. The molecule has 3 heteroatoms. The minimum atomic E-state index is -0.227. The average Bonchev–Trinajstić information content (AvgIpc) is 2.17. The highest BCUT2D eigenvalue weighted by molar-refractivity contribution is 5.27. The topological polar surface area (TPSA) is 38.0 Å². The molecule has 13 heavy (non-hydrogen) atoms. The number of halogens is 1. The fourth-order valence-electron chi connectivity index (χ4n) is 1.19. The van der Waals surface area contributed by atoms with E-state index in [1.54, 1.807) is 12.1 Å². The molecule has 0 saturated heterocycles. The first-order valence-electron chi connectivity index (χ1n) is 4.34. The summed E-state index contributed by atoms with van der Waals surface area (Å²) in [5.41, 5.74) is 7.03. The third kappa shape index (κ3) is 2.26. The maximum Gasteiger partial charge on any atom is 0.127 e. The van der Waals surface area contributed by atoms with Crippen LogP contribution in [0.25, 0.3) is 0 Å². The lowest BCUT2D eigenvalue weighted by Gasteiger charge is -2.11. The van der Waals surface area contributed by atoms with Crippen LogP contribution in [0.4, 0.5) is 4.39 Å². The second-order valence-electron chi connectivity index (χ2n) is 3.07. The largest absolute Gasteiger partial charge is 0.326 e. The van der Waals surface area contributed by atoms with Gasteiger partial charge in [0.25, 0.3) is 0 Å². The van der Waals surface area contributed by atoms with Crippen LogP contribution in [0.1, 0.15) is 24.1 Å². The highest BCUT2D eigenvalue weighted by Gasteiger charge is 2.05. The van der Waals surface area contributed by atoms with Crippen molar-refractivity contribution in [2.24, 2.45) is 5.73 Å². The Bertz CT molecular complexity index is 286. The van der Waals surface area contributed by atoms with Crippen molar-refractivity contribution in [3.63, 3.8) is 0 Å². The molecule has 0 aliphatic heterocycles. The Morgan fingerprint density at radius 3 is 2.77 bits per heavy atom. The number of nitrogens with two attached hydrogens (primary N) is 1. The molecule has 1 rings (SSSR count). The molecule has 1 atom stereocenters. The first-order chi connectivity index (χ1) is 6.19. The van der Waals surface area contributed by atoms with Gasteiger partial charge in [0.05, 0.1) is 0 Å². The van der Waals surface area contributed by atoms with Gasteiger partial charge in [-0.25, -0.2) is 4.39 Å². The second kappa shape index (κ2) is 4.35.